The minimum atomic E-state index is -1.07. The van der Waals surface area contributed by atoms with Gasteiger partial charge in [0.05, 0.1) is 6.20 Å². The van der Waals surface area contributed by atoms with Gasteiger partial charge in [-0.1, -0.05) is 0 Å². The van der Waals surface area contributed by atoms with Crippen molar-refractivity contribution in [2.45, 2.75) is 12.8 Å². The van der Waals surface area contributed by atoms with Crippen molar-refractivity contribution in [2.75, 3.05) is 41.8 Å². The number of rotatable bonds is 8. The summed E-state index contributed by atoms with van der Waals surface area (Å²) in [6.45, 7) is 2.59. The van der Waals surface area contributed by atoms with E-state index in [9.17, 15) is 13.6 Å². The molecular formula is C23H24F2N6O2. The van der Waals surface area contributed by atoms with Crippen LogP contribution in [0.15, 0.2) is 48.7 Å². The molecule has 1 aliphatic heterocycles. The molecule has 1 aromatic heterocycles. The largest absolute Gasteiger partial charge is 0.487 e. The Labute approximate surface area is 189 Å². The summed E-state index contributed by atoms with van der Waals surface area (Å²) >= 11 is 0. The second-order valence-corrected chi connectivity index (χ2v) is 7.50. The minimum Gasteiger partial charge on any atom is -0.487 e. The standard InChI is InChI=1S/C23H24F2N6O2/c24-18-8-3-15(13-19(18)25)22(32)28-16-4-6-17(7-5-16)29-23-27-14-20(33-12-9-26)21(30-23)31-10-1-2-11-31/h3-8,13-14H,1-2,9-12,26H2,(H,28,32)(H,27,29,30). The van der Waals surface area contributed by atoms with E-state index in [1.165, 1.54) is 6.07 Å². The summed E-state index contributed by atoms with van der Waals surface area (Å²) in [6.07, 6.45) is 3.83. The van der Waals surface area contributed by atoms with Crippen LogP contribution in [0.3, 0.4) is 0 Å². The first-order valence-electron chi connectivity index (χ1n) is 10.6. The Bertz CT molecular complexity index is 1120. The first kappa shape index (κ1) is 22.4. The van der Waals surface area contributed by atoms with Crippen LogP contribution in [0.25, 0.3) is 0 Å². The SMILES string of the molecule is NCCOc1cnc(Nc2ccc(NC(=O)c3ccc(F)c(F)c3)cc2)nc1N1CCCC1. The van der Waals surface area contributed by atoms with Crippen molar-refractivity contribution in [3.8, 4) is 5.75 Å². The van der Waals surface area contributed by atoms with Crippen molar-refractivity contribution in [1.29, 1.82) is 0 Å². The fourth-order valence-electron chi connectivity index (χ4n) is 3.45. The molecule has 3 aromatic rings. The predicted octanol–water partition coefficient (Wildman–Crippen LogP) is 3.69. The molecule has 10 heteroatoms. The van der Waals surface area contributed by atoms with E-state index in [-0.39, 0.29) is 5.56 Å². The topological polar surface area (TPSA) is 105 Å². The van der Waals surface area contributed by atoms with Crippen molar-refractivity contribution in [2.24, 2.45) is 5.73 Å². The van der Waals surface area contributed by atoms with E-state index < -0.39 is 17.5 Å². The second kappa shape index (κ2) is 10.2. The molecule has 4 N–H and O–H groups in total. The van der Waals surface area contributed by atoms with Crippen LogP contribution in [0, 0.1) is 11.6 Å². The molecule has 172 valence electrons. The molecule has 1 aliphatic rings. The van der Waals surface area contributed by atoms with Crippen LogP contribution in [-0.2, 0) is 0 Å². The normalized spacial score (nSPS) is 13.1. The number of nitrogens with two attached hydrogens (primary N) is 1. The summed E-state index contributed by atoms with van der Waals surface area (Å²) in [5.74, 6) is -0.875. The van der Waals surface area contributed by atoms with Gasteiger partial charge in [-0.2, -0.15) is 4.98 Å². The molecule has 0 saturated carbocycles. The Kier molecular flexibility index (Phi) is 6.94. The number of ether oxygens (including phenoxy) is 1. The van der Waals surface area contributed by atoms with Crippen LogP contribution in [0.2, 0.25) is 0 Å². The number of carbonyl (C=O) groups excluding carboxylic acids is 1. The predicted molar refractivity (Wildman–Crippen MR) is 122 cm³/mol. The Balaban J connectivity index is 1.44. The van der Waals surface area contributed by atoms with E-state index in [1.807, 2.05) is 0 Å². The van der Waals surface area contributed by atoms with Crippen LogP contribution < -0.4 is 26.0 Å². The van der Waals surface area contributed by atoms with E-state index >= 15 is 0 Å². The van der Waals surface area contributed by atoms with Crippen LogP contribution in [0.5, 0.6) is 5.75 Å². The van der Waals surface area contributed by atoms with Crippen LogP contribution >= 0.6 is 0 Å². The summed E-state index contributed by atoms with van der Waals surface area (Å²) in [5.41, 5.74) is 6.79. The molecule has 1 fully saturated rings. The Morgan fingerprint density at radius 1 is 1.06 bits per heavy atom. The van der Waals surface area contributed by atoms with E-state index in [2.05, 4.69) is 25.5 Å². The smallest absolute Gasteiger partial charge is 0.255 e. The van der Waals surface area contributed by atoms with Crippen molar-refractivity contribution < 1.29 is 18.3 Å². The number of hydrogen-bond donors (Lipinski definition) is 3. The highest BCUT2D eigenvalue weighted by Crippen LogP contribution is 2.30. The molecule has 1 amide bonds. The van der Waals surface area contributed by atoms with Crippen molar-refractivity contribution in [3.05, 3.63) is 65.9 Å². The zero-order chi connectivity index (χ0) is 23.2. The molecule has 2 aromatic carbocycles. The van der Waals surface area contributed by atoms with Gasteiger partial charge < -0.3 is 26.0 Å². The number of nitrogens with one attached hydrogen (secondary N) is 2. The zero-order valence-corrected chi connectivity index (χ0v) is 17.9. The maximum atomic E-state index is 13.4. The average molecular weight is 454 g/mol. The number of amides is 1. The summed E-state index contributed by atoms with van der Waals surface area (Å²) < 4.78 is 32.1. The average Bonchev–Trinajstić information content (AvgIpc) is 3.36. The molecule has 8 nitrogen and oxygen atoms in total. The highest BCUT2D eigenvalue weighted by molar-refractivity contribution is 6.04. The molecule has 2 heterocycles. The Hall–Kier alpha value is -3.79. The van der Waals surface area contributed by atoms with Crippen LogP contribution in [0.4, 0.5) is 31.9 Å². The molecule has 0 unspecified atom stereocenters. The summed E-state index contributed by atoms with van der Waals surface area (Å²) in [5, 5.41) is 5.79. The maximum absolute atomic E-state index is 13.4. The second-order valence-electron chi connectivity index (χ2n) is 7.50. The lowest BCUT2D eigenvalue weighted by Gasteiger charge is -2.20. The number of benzene rings is 2. The van der Waals surface area contributed by atoms with Crippen LogP contribution in [-0.4, -0.2) is 42.1 Å². The van der Waals surface area contributed by atoms with E-state index in [0.717, 1.165) is 43.9 Å². The molecule has 4 rings (SSSR count). The third-order valence-corrected chi connectivity index (χ3v) is 5.10. The van der Waals surface area contributed by atoms with Gasteiger partial charge in [0.15, 0.2) is 23.2 Å². The number of aromatic nitrogens is 2. The number of hydrogen-bond acceptors (Lipinski definition) is 7. The minimum absolute atomic E-state index is 0.0240. The highest BCUT2D eigenvalue weighted by Gasteiger charge is 2.19. The molecule has 0 bridgehead atoms. The van der Waals surface area contributed by atoms with Gasteiger partial charge in [-0.05, 0) is 55.3 Å². The number of anilines is 4. The van der Waals surface area contributed by atoms with Crippen molar-refractivity contribution in [1.82, 2.24) is 9.97 Å². The summed E-state index contributed by atoms with van der Waals surface area (Å²) in [4.78, 5) is 23.4. The van der Waals surface area contributed by atoms with Gasteiger partial charge in [-0.3, -0.25) is 4.79 Å². The fourth-order valence-corrected chi connectivity index (χ4v) is 3.45. The monoisotopic (exact) mass is 454 g/mol. The molecule has 0 atom stereocenters. The molecule has 0 aliphatic carbocycles. The van der Waals surface area contributed by atoms with Crippen molar-refractivity contribution in [3.63, 3.8) is 0 Å². The molecular weight excluding hydrogens is 430 g/mol. The third kappa shape index (κ3) is 5.53. The van der Waals surface area contributed by atoms with Gasteiger partial charge >= 0.3 is 0 Å². The number of carbonyl (C=O) groups is 1. The van der Waals surface area contributed by atoms with Gasteiger partial charge in [0.25, 0.3) is 5.91 Å². The lowest BCUT2D eigenvalue weighted by molar-refractivity contribution is 0.102. The molecule has 1 saturated heterocycles. The first-order chi connectivity index (χ1) is 16.0. The maximum Gasteiger partial charge on any atom is 0.255 e. The van der Waals surface area contributed by atoms with Crippen LogP contribution in [0.1, 0.15) is 23.2 Å². The van der Waals surface area contributed by atoms with Gasteiger partial charge in [0, 0.05) is 36.6 Å². The first-order valence-corrected chi connectivity index (χ1v) is 10.6. The summed E-state index contributed by atoms with van der Waals surface area (Å²) in [6, 6.07) is 9.86. The van der Waals surface area contributed by atoms with E-state index in [0.29, 0.717) is 36.2 Å². The van der Waals surface area contributed by atoms with Gasteiger partial charge in [0.1, 0.15) is 6.61 Å². The highest BCUT2D eigenvalue weighted by atomic mass is 19.2. The van der Waals surface area contributed by atoms with Gasteiger partial charge in [-0.15, -0.1) is 0 Å². The third-order valence-electron chi connectivity index (χ3n) is 5.10. The lowest BCUT2D eigenvalue weighted by atomic mass is 10.2. The molecule has 33 heavy (non-hydrogen) atoms. The van der Waals surface area contributed by atoms with Gasteiger partial charge in [-0.25, -0.2) is 13.8 Å². The van der Waals surface area contributed by atoms with E-state index in [4.69, 9.17) is 10.5 Å². The number of nitrogens with zero attached hydrogens (tertiary/aromatic N) is 3. The fraction of sp³-hybridized carbons (Fsp3) is 0.261. The quantitative estimate of drug-likeness (QED) is 0.477. The Morgan fingerprint density at radius 2 is 1.79 bits per heavy atom. The van der Waals surface area contributed by atoms with Crippen molar-refractivity contribution >= 4 is 29.0 Å². The van der Waals surface area contributed by atoms with Gasteiger partial charge in [0.2, 0.25) is 5.95 Å². The zero-order valence-electron chi connectivity index (χ0n) is 17.9. The lowest BCUT2D eigenvalue weighted by Crippen LogP contribution is -2.21. The molecule has 0 spiro atoms. The molecule has 0 radical (unpaired) electrons. The summed E-state index contributed by atoms with van der Waals surface area (Å²) in [7, 11) is 0. The number of halogens is 2. The van der Waals surface area contributed by atoms with E-state index in [1.54, 1.807) is 30.5 Å². The Morgan fingerprint density at radius 3 is 2.48 bits per heavy atom.